The third kappa shape index (κ3) is 3.16. The number of aliphatic carboxylic acids is 1. The van der Waals surface area contributed by atoms with Crippen LogP contribution in [0.4, 0.5) is 0 Å². The molecule has 0 saturated carbocycles. The molecule has 0 aromatic rings. The topological polar surface area (TPSA) is 108 Å². The van der Waals surface area contributed by atoms with Gasteiger partial charge in [-0.25, -0.2) is 4.79 Å². The molecule has 0 aromatic carbocycles. The van der Waals surface area contributed by atoms with Crippen LogP contribution in [-0.2, 0) is 14.3 Å². The van der Waals surface area contributed by atoms with Gasteiger partial charge in [-0.1, -0.05) is 0 Å². The molecular formula is C9H16N2O5. The molecule has 7 heteroatoms. The number of carboxylic acids is 1. The zero-order valence-corrected chi connectivity index (χ0v) is 8.97. The summed E-state index contributed by atoms with van der Waals surface area (Å²) < 4.78 is 5.06. The first-order valence-electron chi connectivity index (χ1n) is 4.98. The van der Waals surface area contributed by atoms with Crippen LogP contribution in [0.5, 0.6) is 0 Å². The number of hydrogen-bond donors (Lipinski definition) is 4. The van der Waals surface area contributed by atoms with Crippen molar-refractivity contribution in [3.63, 3.8) is 0 Å². The lowest BCUT2D eigenvalue weighted by Gasteiger charge is -2.15. The Balaban J connectivity index is 2.43. The summed E-state index contributed by atoms with van der Waals surface area (Å²) in [5.41, 5.74) is 0. The Morgan fingerprint density at radius 3 is 2.75 bits per heavy atom. The van der Waals surface area contributed by atoms with E-state index in [1.165, 1.54) is 0 Å². The average molecular weight is 232 g/mol. The van der Waals surface area contributed by atoms with Gasteiger partial charge in [-0.2, -0.15) is 0 Å². The van der Waals surface area contributed by atoms with Crippen molar-refractivity contribution in [1.82, 2.24) is 10.6 Å². The van der Waals surface area contributed by atoms with Crippen LogP contribution in [0.2, 0.25) is 0 Å². The first kappa shape index (κ1) is 12.9. The van der Waals surface area contributed by atoms with E-state index in [1.54, 1.807) is 7.11 Å². The minimum Gasteiger partial charge on any atom is -0.480 e. The fourth-order valence-corrected chi connectivity index (χ4v) is 1.54. The summed E-state index contributed by atoms with van der Waals surface area (Å²) >= 11 is 0. The summed E-state index contributed by atoms with van der Waals surface area (Å²) in [6.45, 7) is -0.0626. The van der Waals surface area contributed by atoms with E-state index in [0.717, 1.165) is 0 Å². The van der Waals surface area contributed by atoms with Gasteiger partial charge in [0.15, 0.2) is 0 Å². The predicted octanol–water partition coefficient (Wildman–Crippen LogP) is -2.07. The van der Waals surface area contributed by atoms with E-state index >= 15 is 0 Å². The fraction of sp³-hybridized carbons (Fsp3) is 0.778. The number of nitrogens with one attached hydrogen (secondary N) is 2. The SMILES string of the molecule is COC1CNC(C(=O)N[C@H](CO)C(=O)O)C1. The second-order valence-corrected chi connectivity index (χ2v) is 3.64. The molecule has 16 heavy (non-hydrogen) atoms. The Kier molecular flexibility index (Phi) is 4.66. The van der Waals surface area contributed by atoms with Gasteiger partial charge >= 0.3 is 5.97 Å². The van der Waals surface area contributed by atoms with Crippen molar-refractivity contribution in [3.8, 4) is 0 Å². The van der Waals surface area contributed by atoms with Gasteiger partial charge in [-0.15, -0.1) is 0 Å². The van der Waals surface area contributed by atoms with Crippen LogP contribution in [0, 0.1) is 0 Å². The van der Waals surface area contributed by atoms with E-state index in [-0.39, 0.29) is 6.10 Å². The van der Waals surface area contributed by atoms with Crippen LogP contribution in [0.3, 0.4) is 0 Å². The third-order valence-corrected chi connectivity index (χ3v) is 2.54. The molecule has 0 bridgehead atoms. The maximum absolute atomic E-state index is 11.6. The molecule has 0 radical (unpaired) electrons. The lowest BCUT2D eigenvalue weighted by Crippen LogP contribution is -2.49. The van der Waals surface area contributed by atoms with E-state index in [1.807, 2.05) is 0 Å². The van der Waals surface area contributed by atoms with Gasteiger partial charge < -0.3 is 25.6 Å². The second kappa shape index (κ2) is 5.78. The molecule has 1 rings (SSSR count). The number of amides is 1. The van der Waals surface area contributed by atoms with Gasteiger partial charge in [0, 0.05) is 13.7 Å². The number of methoxy groups -OCH3 is 1. The van der Waals surface area contributed by atoms with Crippen LogP contribution in [0.25, 0.3) is 0 Å². The van der Waals surface area contributed by atoms with Crippen molar-refractivity contribution in [2.24, 2.45) is 0 Å². The summed E-state index contributed by atoms with van der Waals surface area (Å²) in [4.78, 5) is 22.2. The largest absolute Gasteiger partial charge is 0.480 e. The molecule has 1 amide bonds. The highest BCUT2D eigenvalue weighted by molar-refractivity contribution is 5.87. The van der Waals surface area contributed by atoms with Crippen LogP contribution in [0.15, 0.2) is 0 Å². The van der Waals surface area contributed by atoms with Crippen molar-refractivity contribution >= 4 is 11.9 Å². The smallest absolute Gasteiger partial charge is 0.328 e. The molecule has 2 unspecified atom stereocenters. The molecule has 1 heterocycles. The Bertz CT molecular complexity index is 271. The Morgan fingerprint density at radius 2 is 2.31 bits per heavy atom. The summed E-state index contributed by atoms with van der Waals surface area (Å²) in [7, 11) is 1.56. The van der Waals surface area contributed by atoms with E-state index in [9.17, 15) is 9.59 Å². The maximum Gasteiger partial charge on any atom is 0.328 e. The van der Waals surface area contributed by atoms with Gasteiger partial charge in [-0.05, 0) is 6.42 Å². The molecule has 7 nitrogen and oxygen atoms in total. The van der Waals surface area contributed by atoms with E-state index in [0.29, 0.717) is 13.0 Å². The second-order valence-electron chi connectivity index (χ2n) is 3.64. The summed E-state index contributed by atoms with van der Waals surface area (Å²) in [5, 5.41) is 22.5. The minimum atomic E-state index is -1.25. The van der Waals surface area contributed by atoms with Gasteiger partial charge in [0.25, 0.3) is 0 Å². The van der Waals surface area contributed by atoms with Crippen molar-refractivity contribution in [2.75, 3.05) is 20.3 Å². The molecule has 1 aliphatic rings. The highest BCUT2D eigenvalue weighted by atomic mass is 16.5. The van der Waals surface area contributed by atoms with Crippen LogP contribution >= 0.6 is 0 Å². The molecule has 1 fully saturated rings. The first-order valence-corrected chi connectivity index (χ1v) is 4.98. The van der Waals surface area contributed by atoms with Gasteiger partial charge in [-0.3, -0.25) is 4.79 Å². The normalized spacial score (nSPS) is 26.4. The molecular weight excluding hydrogens is 216 g/mol. The number of carbonyl (C=O) groups excluding carboxylic acids is 1. The summed E-state index contributed by atoms with van der Waals surface area (Å²) in [6, 6.07) is -1.71. The lowest BCUT2D eigenvalue weighted by atomic mass is 10.2. The summed E-state index contributed by atoms with van der Waals surface area (Å²) in [6.07, 6.45) is 0.466. The van der Waals surface area contributed by atoms with Crippen LogP contribution in [0.1, 0.15) is 6.42 Å². The van der Waals surface area contributed by atoms with Crippen molar-refractivity contribution in [1.29, 1.82) is 0 Å². The quantitative estimate of drug-likeness (QED) is 0.433. The number of aliphatic hydroxyl groups excluding tert-OH is 1. The zero-order valence-electron chi connectivity index (χ0n) is 8.97. The highest BCUT2D eigenvalue weighted by Crippen LogP contribution is 2.09. The average Bonchev–Trinajstić information content (AvgIpc) is 2.73. The maximum atomic E-state index is 11.6. The number of hydrogen-bond acceptors (Lipinski definition) is 5. The van der Waals surface area contributed by atoms with Crippen molar-refractivity contribution in [2.45, 2.75) is 24.6 Å². The van der Waals surface area contributed by atoms with E-state index in [4.69, 9.17) is 14.9 Å². The minimum absolute atomic E-state index is 0.0341. The Labute approximate surface area is 92.8 Å². The molecule has 4 N–H and O–H groups in total. The Hall–Kier alpha value is -1.18. The number of carboxylic acid groups (broad SMARTS) is 1. The zero-order chi connectivity index (χ0) is 12.1. The van der Waals surface area contributed by atoms with Gasteiger partial charge in [0.05, 0.1) is 18.8 Å². The lowest BCUT2D eigenvalue weighted by molar-refractivity contribution is -0.143. The third-order valence-electron chi connectivity index (χ3n) is 2.54. The molecule has 0 spiro atoms. The van der Waals surface area contributed by atoms with Gasteiger partial charge in [0.2, 0.25) is 5.91 Å². The van der Waals surface area contributed by atoms with E-state index in [2.05, 4.69) is 10.6 Å². The molecule has 1 saturated heterocycles. The van der Waals surface area contributed by atoms with Gasteiger partial charge in [0.1, 0.15) is 6.04 Å². The molecule has 0 aliphatic carbocycles. The first-order chi connectivity index (χ1) is 7.58. The number of ether oxygens (including phenoxy) is 1. The Morgan fingerprint density at radius 1 is 1.62 bits per heavy atom. The predicted molar refractivity (Wildman–Crippen MR) is 53.9 cm³/mol. The highest BCUT2D eigenvalue weighted by Gasteiger charge is 2.31. The van der Waals surface area contributed by atoms with Crippen molar-refractivity contribution < 1.29 is 24.5 Å². The van der Waals surface area contributed by atoms with Crippen LogP contribution in [-0.4, -0.2) is 60.5 Å². The standard InChI is InChI=1S/C9H16N2O5/c1-16-5-2-6(10-3-5)8(13)11-7(4-12)9(14)15/h5-7,10,12H,2-4H2,1H3,(H,11,13)(H,14,15)/t5?,6?,7-/m1/s1. The number of aliphatic hydroxyl groups is 1. The number of carbonyl (C=O) groups is 2. The van der Waals surface area contributed by atoms with Crippen molar-refractivity contribution in [3.05, 3.63) is 0 Å². The fourth-order valence-electron chi connectivity index (χ4n) is 1.54. The monoisotopic (exact) mass is 232 g/mol. The molecule has 0 aromatic heterocycles. The molecule has 3 atom stereocenters. The molecule has 92 valence electrons. The summed E-state index contributed by atoms with van der Waals surface area (Å²) in [5.74, 6) is -1.68. The number of rotatable bonds is 5. The molecule has 1 aliphatic heterocycles. The van der Waals surface area contributed by atoms with E-state index < -0.39 is 30.6 Å². The van der Waals surface area contributed by atoms with Crippen LogP contribution < -0.4 is 10.6 Å².